The summed E-state index contributed by atoms with van der Waals surface area (Å²) in [4.78, 5) is 22.1. The lowest BCUT2D eigenvalue weighted by atomic mass is 9.87. The number of nitrogens with zero attached hydrogens (tertiary/aromatic N) is 3. The molecule has 1 aromatic heterocycles. The molecule has 1 aliphatic heterocycles. The van der Waals surface area contributed by atoms with Gasteiger partial charge in [-0.3, -0.25) is 14.5 Å². The summed E-state index contributed by atoms with van der Waals surface area (Å²) in [7, 11) is -0.688. The van der Waals surface area contributed by atoms with Crippen molar-refractivity contribution in [3.8, 4) is 10.6 Å². The smallest absolute Gasteiger partial charge is 0.301 e. The van der Waals surface area contributed by atoms with E-state index in [1.807, 2.05) is 11.4 Å². The van der Waals surface area contributed by atoms with Crippen molar-refractivity contribution >= 4 is 56.1 Å². The number of carbonyl (C=O) groups excluding carboxylic acids is 1. The van der Waals surface area contributed by atoms with Crippen LogP contribution in [0.25, 0.3) is 16.6 Å². The van der Waals surface area contributed by atoms with Gasteiger partial charge in [-0.05, 0) is 42.8 Å². The largest absolute Gasteiger partial charge is 0.396 e. The number of carbonyl (C=O) groups is 1. The summed E-state index contributed by atoms with van der Waals surface area (Å²) in [6.07, 6.45) is 5.85. The van der Waals surface area contributed by atoms with Gasteiger partial charge in [-0.1, -0.05) is 25.0 Å². The fourth-order valence-corrected chi connectivity index (χ4v) is 5.99. The molecular weight excluding hydrogens is 494 g/mol. The molecule has 4 rings (SSSR count). The molecule has 0 atom stereocenters. The van der Waals surface area contributed by atoms with Gasteiger partial charge in [0.1, 0.15) is 5.01 Å². The Hall–Kier alpha value is -2.25. The van der Waals surface area contributed by atoms with Crippen LogP contribution >= 0.6 is 23.1 Å². The van der Waals surface area contributed by atoms with E-state index in [1.165, 1.54) is 37.2 Å². The lowest BCUT2D eigenvalue weighted by Crippen LogP contribution is -2.28. The highest BCUT2D eigenvalue weighted by atomic mass is 32.2. The third kappa shape index (κ3) is 5.69. The number of aliphatic hydroxyl groups is 1. The summed E-state index contributed by atoms with van der Waals surface area (Å²) in [5, 5.41) is 15.7. The molecule has 0 unspecified atom stereocenters. The molecule has 34 heavy (non-hydrogen) atoms. The van der Waals surface area contributed by atoms with Crippen LogP contribution in [0.2, 0.25) is 0 Å². The minimum absolute atomic E-state index is 0.116. The van der Waals surface area contributed by atoms with Crippen LogP contribution in [0.4, 0.5) is 5.69 Å². The Kier molecular flexibility index (Phi) is 7.43. The molecule has 12 heteroatoms. The van der Waals surface area contributed by atoms with Crippen molar-refractivity contribution in [2.75, 3.05) is 32.0 Å². The summed E-state index contributed by atoms with van der Waals surface area (Å²) < 4.78 is 27.8. The molecule has 0 spiro atoms. The molecule has 1 saturated carbocycles. The Morgan fingerprint density at radius 1 is 1.32 bits per heavy atom. The zero-order chi connectivity index (χ0) is 24.3. The number of aliphatic imine (C=N–C) groups is 1. The first-order valence-electron chi connectivity index (χ1n) is 10.8. The van der Waals surface area contributed by atoms with Crippen LogP contribution in [0.1, 0.15) is 31.4 Å². The van der Waals surface area contributed by atoms with Gasteiger partial charge in [0.05, 0.1) is 22.9 Å². The minimum Gasteiger partial charge on any atom is -0.396 e. The van der Waals surface area contributed by atoms with Crippen molar-refractivity contribution in [2.45, 2.75) is 25.7 Å². The number of aromatic nitrogens is 1. The van der Waals surface area contributed by atoms with Crippen LogP contribution in [0, 0.1) is 5.41 Å². The molecule has 2 fully saturated rings. The topological polar surface area (TPSA) is 124 Å². The van der Waals surface area contributed by atoms with Gasteiger partial charge in [0.25, 0.3) is 5.91 Å². The molecular formula is C22H27N5O4S3. The number of thioether (sulfide) groups is 1. The van der Waals surface area contributed by atoms with Gasteiger partial charge >= 0.3 is 10.2 Å². The zero-order valence-electron chi connectivity index (χ0n) is 18.9. The molecule has 3 N–H and O–H groups in total. The van der Waals surface area contributed by atoms with Crippen molar-refractivity contribution < 1.29 is 18.3 Å². The van der Waals surface area contributed by atoms with Crippen LogP contribution in [0.15, 0.2) is 39.5 Å². The highest BCUT2D eigenvalue weighted by Gasteiger charge is 2.34. The normalized spacial score (nSPS) is 20.4. The standard InChI is InChI=1S/C22H27N5O4S3/c1-27(2)34(30,31)26-16-7-5-6-15(10-16)20-24-17(12-32-20)11-18-19(29)25-21(33-18)23-13-22(14-28)8-3-4-9-22/h5-7,10-12,26,28H,3-4,8-9,13-14H2,1-2H3,(H,23,25,29)/b18-11-. The van der Waals surface area contributed by atoms with Gasteiger partial charge in [0.2, 0.25) is 0 Å². The monoisotopic (exact) mass is 521 g/mol. The third-order valence-electron chi connectivity index (χ3n) is 5.85. The van der Waals surface area contributed by atoms with Gasteiger partial charge in [-0.25, -0.2) is 4.98 Å². The number of hydrogen-bond donors (Lipinski definition) is 3. The van der Waals surface area contributed by atoms with E-state index in [9.17, 15) is 18.3 Å². The maximum absolute atomic E-state index is 12.4. The molecule has 0 radical (unpaired) electrons. The lowest BCUT2D eigenvalue weighted by molar-refractivity contribution is -0.115. The van der Waals surface area contributed by atoms with E-state index in [0.29, 0.717) is 33.0 Å². The number of rotatable bonds is 8. The molecule has 9 nitrogen and oxygen atoms in total. The summed E-state index contributed by atoms with van der Waals surface area (Å²) in [5.41, 5.74) is 1.69. The van der Waals surface area contributed by atoms with Crippen LogP contribution in [-0.2, 0) is 15.0 Å². The van der Waals surface area contributed by atoms with Crippen LogP contribution in [0.5, 0.6) is 0 Å². The van der Waals surface area contributed by atoms with Gasteiger partial charge in [0, 0.05) is 37.0 Å². The maximum atomic E-state index is 12.4. The summed E-state index contributed by atoms with van der Waals surface area (Å²) >= 11 is 2.68. The highest BCUT2D eigenvalue weighted by molar-refractivity contribution is 8.18. The van der Waals surface area contributed by atoms with E-state index in [0.717, 1.165) is 35.6 Å². The number of aliphatic hydroxyl groups excluding tert-OH is 1. The molecule has 182 valence electrons. The SMILES string of the molecule is CN(C)S(=O)(=O)Nc1cccc(-c2nc(/C=C3\SC(=NCC4(CO)CCCC4)NC3=O)cs2)c1. The molecule has 2 aliphatic rings. The van der Waals surface area contributed by atoms with E-state index < -0.39 is 10.2 Å². The highest BCUT2D eigenvalue weighted by Crippen LogP contribution is 2.38. The fraction of sp³-hybridized carbons (Fsp3) is 0.409. The molecule has 0 bridgehead atoms. The van der Waals surface area contributed by atoms with E-state index in [-0.39, 0.29) is 17.9 Å². The van der Waals surface area contributed by atoms with E-state index in [2.05, 4.69) is 20.0 Å². The Bertz CT molecular complexity index is 1230. The number of thiazole rings is 1. The lowest BCUT2D eigenvalue weighted by Gasteiger charge is -2.23. The van der Waals surface area contributed by atoms with Crippen LogP contribution in [0.3, 0.4) is 0 Å². The minimum atomic E-state index is -3.60. The first kappa shape index (κ1) is 24.9. The predicted octanol–water partition coefficient (Wildman–Crippen LogP) is 3.14. The van der Waals surface area contributed by atoms with Crippen molar-refractivity contribution in [2.24, 2.45) is 10.4 Å². The average Bonchev–Trinajstić information content (AvgIpc) is 3.54. The molecule has 2 heterocycles. The van der Waals surface area contributed by atoms with Crippen molar-refractivity contribution in [1.29, 1.82) is 0 Å². The van der Waals surface area contributed by atoms with E-state index >= 15 is 0 Å². The van der Waals surface area contributed by atoms with E-state index in [4.69, 9.17) is 0 Å². The zero-order valence-corrected chi connectivity index (χ0v) is 21.4. The fourth-order valence-electron chi connectivity index (χ4n) is 3.81. The first-order valence-corrected chi connectivity index (χ1v) is 14.0. The number of nitrogens with one attached hydrogen (secondary N) is 2. The molecule has 1 aromatic carbocycles. The number of benzene rings is 1. The molecule has 1 saturated heterocycles. The van der Waals surface area contributed by atoms with Crippen molar-refractivity contribution in [1.82, 2.24) is 14.6 Å². The Morgan fingerprint density at radius 3 is 2.79 bits per heavy atom. The maximum Gasteiger partial charge on any atom is 0.301 e. The quantitative estimate of drug-likeness (QED) is 0.459. The van der Waals surface area contributed by atoms with Crippen LogP contribution in [-0.4, -0.2) is 61.1 Å². The summed E-state index contributed by atoms with van der Waals surface area (Å²) in [5.74, 6) is -0.220. The van der Waals surface area contributed by atoms with Crippen molar-refractivity contribution in [3.63, 3.8) is 0 Å². The Morgan fingerprint density at radius 2 is 2.09 bits per heavy atom. The Labute approximate surface area is 207 Å². The number of amides is 1. The number of amidine groups is 1. The van der Waals surface area contributed by atoms with Crippen LogP contribution < -0.4 is 10.0 Å². The average molecular weight is 522 g/mol. The second-order valence-corrected chi connectivity index (χ2v) is 12.4. The van der Waals surface area contributed by atoms with Gasteiger partial charge < -0.3 is 10.4 Å². The molecule has 1 amide bonds. The Balaban J connectivity index is 1.46. The first-order chi connectivity index (χ1) is 16.2. The molecule has 2 aromatic rings. The number of hydrogen-bond acceptors (Lipinski definition) is 8. The second-order valence-electron chi connectivity index (χ2n) is 8.60. The van der Waals surface area contributed by atoms with Gasteiger partial charge in [0.15, 0.2) is 5.17 Å². The van der Waals surface area contributed by atoms with Gasteiger partial charge in [-0.2, -0.15) is 12.7 Å². The van der Waals surface area contributed by atoms with Gasteiger partial charge in [-0.15, -0.1) is 11.3 Å². The summed E-state index contributed by atoms with van der Waals surface area (Å²) in [6.45, 7) is 0.624. The predicted molar refractivity (Wildman–Crippen MR) is 138 cm³/mol. The number of anilines is 1. The van der Waals surface area contributed by atoms with Crippen molar-refractivity contribution in [3.05, 3.63) is 40.2 Å². The third-order valence-corrected chi connectivity index (χ3v) is 9.16. The summed E-state index contributed by atoms with van der Waals surface area (Å²) in [6, 6.07) is 7.01. The molecule has 1 aliphatic carbocycles. The second kappa shape index (κ2) is 10.2. The van der Waals surface area contributed by atoms with E-state index in [1.54, 1.807) is 24.3 Å².